The van der Waals surface area contributed by atoms with Crippen molar-refractivity contribution in [1.29, 1.82) is 0 Å². The van der Waals surface area contributed by atoms with Crippen LogP contribution in [0, 0.1) is 0 Å². The van der Waals surface area contributed by atoms with Crippen LogP contribution < -0.4 is 0 Å². The normalized spacial score (nSPS) is 28.2. The van der Waals surface area contributed by atoms with Crippen molar-refractivity contribution in [1.82, 2.24) is 9.80 Å². The van der Waals surface area contributed by atoms with Gasteiger partial charge in [-0.2, -0.15) is 0 Å². The van der Waals surface area contributed by atoms with Crippen molar-refractivity contribution in [2.24, 2.45) is 0 Å². The largest absolute Gasteiger partial charge is 0.480 e. The van der Waals surface area contributed by atoms with Gasteiger partial charge in [0.15, 0.2) is 0 Å². The molecule has 2 aliphatic rings. The molecule has 2 heterocycles. The Morgan fingerprint density at radius 1 is 1.62 bits per heavy atom. The van der Waals surface area contributed by atoms with E-state index >= 15 is 0 Å². The number of nitrogens with zero attached hydrogens (tertiary/aromatic N) is 2. The van der Waals surface area contributed by atoms with E-state index in [0.717, 1.165) is 13.0 Å². The summed E-state index contributed by atoms with van der Waals surface area (Å²) in [6.07, 6.45) is 0.916. The molecule has 0 radical (unpaired) electrons. The molecule has 1 amide bonds. The topological polar surface area (TPSA) is 60.9 Å². The number of carboxylic acid groups (broad SMARTS) is 1. The van der Waals surface area contributed by atoms with E-state index in [4.69, 9.17) is 5.11 Å². The maximum atomic E-state index is 11.3. The highest BCUT2D eigenvalue weighted by Crippen LogP contribution is 2.20. The Kier molecular flexibility index (Phi) is 1.95. The summed E-state index contributed by atoms with van der Waals surface area (Å²) in [7, 11) is 0. The predicted octanol–water partition coefficient (Wildman–Crippen LogP) is -1.01. The molecule has 72 valence electrons. The van der Waals surface area contributed by atoms with Crippen LogP contribution in [0.3, 0.4) is 0 Å². The van der Waals surface area contributed by atoms with Gasteiger partial charge in [0.25, 0.3) is 0 Å². The number of carboxylic acids is 1. The van der Waals surface area contributed by atoms with Gasteiger partial charge in [0.1, 0.15) is 0 Å². The maximum Gasteiger partial charge on any atom is 0.317 e. The molecule has 1 atom stereocenters. The molecular weight excluding hydrogens is 172 g/mol. The van der Waals surface area contributed by atoms with Crippen molar-refractivity contribution in [3.05, 3.63) is 0 Å². The summed E-state index contributed by atoms with van der Waals surface area (Å²) in [5.41, 5.74) is 0. The third-order valence-electron chi connectivity index (χ3n) is 2.71. The van der Waals surface area contributed by atoms with E-state index in [2.05, 4.69) is 0 Å². The fourth-order valence-corrected chi connectivity index (χ4v) is 2.03. The van der Waals surface area contributed by atoms with Crippen molar-refractivity contribution in [3.8, 4) is 0 Å². The van der Waals surface area contributed by atoms with Gasteiger partial charge in [0.05, 0.1) is 13.1 Å². The van der Waals surface area contributed by atoms with Gasteiger partial charge in [0.2, 0.25) is 5.91 Å². The van der Waals surface area contributed by atoms with Crippen molar-refractivity contribution in [2.75, 3.05) is 26.2 Å². The number of piperazine rings is 1. The first kappa shape index (κ1) is 8.50. The van der Waals surface area contributed by atoms with Crippen LogP contribution in [0.25, 0.3) is 0 Å². The molecule has 0 aromatic rings. The van der Waals surface area contributed by atoms with Crippen LogP contribution in [0.4, 0.5) is 0 Å². The summed E-state index contributed by atoms with van der Waals surface area (Å²) in [5, 5.41) is 8.61. The highest BCUT2D eigenvalue weighted by atomic mass is 16.4. The maximum absolute atomic E-state index is 11.3. The van der Waals surface area contributed by atoms with Crippen molar-refractivity contribution in [3.63, 3.8) is 0 Å². The van der Waals surface area contributed by atoms with Gasteiger partial charge in [-0.15, -0.1) is 0 Å². The Hall–Kier alpha value is -1.10. The first-order valence-corrected chi connectivity index (χ1v) is 4.40. The number of amides is 1. The molecule has 5 nitrogen and oxygen atoms in total. The van der Waals surface area contributed by atoms with Crippen molar-refractivity contribution in [2.45, 2.75) is 12.5 Å². The third kappa shape index (κ3) is 1.51. The lowest BCUT2D eigenvalue weighted by Gasteiger charge is -2.32. The zero-order valence-corrected chi connectivity index (χ0v) is 7.27. The minimum Gasteiger partial charge on any atom is -0.480 e. The molecule has 2 bridgehead atoms. The lowest BCUT2D eigenvalue weighted by atomic mass is 10.2. The molecule has 1 N–H and O–H groups in total. The van der Waals surface area contributed by atoms with E-state index in [1.54, 1.807) is 4.90 Å². The van der Waals surface area contributed by atoms with Crippen molar-refractivity contribution >= 4 is 11.9 Å². The lowest BCUT2D eigenvalue weighted by molar-refractivity contribution is -0.142. The zero-order valence-electron chi connectivity index (χ0n) is 7.27. The Balaban J connectivity index is 2.04. The van der Waals surface area contributed by atoms with Crippen LogP contribution >= 0.6 is 0 Å². The van der Waals surface area contributed by atoms with Crippen LogP contribution in [0.1, 0.15) is 6.42 Å². The number of aliphatic carboxylic acids is 1. The second kappa shape index (κ2) is 2.99. The number of hydrogen-bond donors (Lipinski definition) is 1. The third-order valence-corrected chi connectivity index (χ3v) is 2.71. The molecule has 2 fully saturated rings. The quantitative estimate of drug-likeness (QED) is 0.597. The van der Waals surface area contributed by atoms with E-state index < -0.39 is 5.97 Å². The molecule has 0 aliphatic carbocycles. The monoisotopic (exact) mass is 184 g/mol. The molecule has 5 heteroatoms. The number of fused-ring (bicyclic) bond motifs is 2. The van der Waals surface area contributed by atoms with Gasteiger partial charge >= 0.3 is 5.97 Å². The van der Waals surface area contributed by atoms with E-state index in [-0.39, 0.29) is 25.0 Å². The van der Waals surface area contributed by atoms with Crippen molar-refractivity contribution < 1.29 is 14.7 Å². The summed E-state index contributed by atoms with van der Waals surface area (Å²) in [6, 6.07) is 0.272. The van der Waals surface area contributed by atoms with Crippen LogP contribution in [0.2, 0.25) is 0 Å². The summed E-state index contributed by atoms with van der Waals surface area (Å²) in [4.78, 5) is 25.4. The minimum absolute atomic E-state index is 0.00968. The second-order valence-corrected chi connectivity index (χ2v) is 3.58. The van der Waals surface area contributed by atoms with E-state index in [0.29, 0.717) is 6.54 Å². The van der Waals surface area contributed by atoms with Gasteiger partial charge in [-0.3, -0.25) is 14.5 Å². The Labute approximate surface area is 75.9 Å². The molecule has 0 spiro atoms. The number of hydrogen-bond acceptors (Lipinski definition) is 3. The average molecular weight is 184 g/mol. The molecule has 0 aromatic carbocycles. The average Bonchev–Trinajstić information content (AvgIpc) is 2.44. The number of carbonyl (C=O) groups excluding carboxylic acids is 1. The Morgan fingerprint density at radius 3 is 3.08 bits per heavy atom. The molecule has 1 unspecified atom stereocenters. The van der Waals surface area contributed by atoms with Gasteiger partial charge in [-0.25, -0.2) is 0 Å². The zero-order chi connectivity index (χ0) is 9.42. The molecule has 0 aromatic heterocycles. The fraction of sp³-hybridized carbons (Fsp3) is 0.750. The molecule has 0 saturated carbocycles. The van der Waals surface area contributed by atoms with Gasteiger partial charge in [-0.1, -0.05) is 0 Å². The van der Waals surface area contributed by atoms with Crippen LogP contribution in [-0.4, -0.2) is 59.0 Å². The second-order valence-electron chi connectivity index (χ2n) is 3.58. The van der Waals surface area contributed by atoms with E-state index in [1.165, 1.54) is 0 Å². The highest BCUT2D eigenvalue weighted by molar-refractivity contribution is 5.80. The molecule has 2 saturated heterocycles. The Morgan fingerprint density at radius 2 is 2.38 bits per heavy atom. The number of rotatable bonds is 2. The van der Waals surface area contributed by atoms with Crippen LogP contribution in [0.15, 0.2) is 0 Å². The Bertz CT molecular complexity index is 254. The van der Waals surface area contributed by atoms with E-state index in [9.17, 15) is 9.59 Å². The standard InChI is InChI=1S/C8H12N2O3/c11-7-4-10(5-8(12)13)6-1-2-9(7)3-6/h6H,1-5H2,(H,12,13). The molecule has 2 aliphatic heterocycles. The molecular formula is C8H12N2O3. The minimum atomic E-state index is -0.854. The summed E-state index contributed by atoms with van der Waals surface area (Å²) in [6.45, 7) is 1.77. The molecule has 2 rings (SSSR count). The fourth-order valence-electron chi connectivity index (χ4n) is 2.03. The van der Waals surface area contributed by atoms with Gasteiger partial charge < -0.3 is 10.0 Å². The predicted molar refractivity (Wildman–Crippen MR) is 44.2 cm³/mol. The summed E-state index contributed by atoms with van der Waals surface area (Å²) >= 11 is 0. The van der Waals surface area contributed by atoms with Gasteiger partial charge in [-0.05, 0) is 6.42 Å². The van der Waals surface area contributed by atoms with E-state index in [1.807, 2.05) is 4.90 Å². The molecule has 13 heavy (non-hydrogen) atoms. The van der Waals surface area contributed by atoms with Crippen LogP contribution in [0.5, 0.6) is 0 Å². The number of carbonyl (C=O) groups is 2. The SMILES string of the molecule is O=C(O)CN1CC(=O)N2CCC1C2. The lowest BCUT2D eigenvalue weighted by Crippen LogP contribution is -2.51. The summed E-state index contributed by atoms with van der Waals surface area (Å²) < 4.78 is 0. The highest BCUT2D eigenvalue weighted by Gasteiger charge is 2.37. The smallest absolute Gasteiger partial charge is 0.317 e. The first-order valence-electron chi connectivity index (χ1n) is 4.40. The van der Waals surface area contributed by atoms with Crippen LogP contribution in [-0.2, 0) is 9.59 Å². The van der Waals surface area contributed by atoms with Gasteiger partial charge in [0, 0.05) is 19.1 Å². The summed E-state index contributed by atoms with van der Waals surface area (Å²) in [5.74, 6) is -0.789. The first-order chi connectivity index (χ1) is 6.16.